The van der Waals surface area contributed by atoms with Gasteiger partial charge >= 0.3 is 12.0 Å². The Morgan fingerprint density at radius 1 is 1.14 bits per heavy atom. The van der Waals surface area contributed by atoms with Crippen LogP contribution in [0.15, 0.2) is 53.5 Å². The quantitative estimate of drug-likeness (QED) is 0.499. The third kappa shape index (κ3) is 3.66. The number of carbonyl (C=O) groups excluding carboxylic acids is 4. The van der Waals surface area contributed by atoms with Crippen molar-refractivity contribution in [3.63, 3.8) is 0 Å². The molecule has 1 heterocycles. The number of methoxy groups -OCH3 is 1. The second kappa shape index (κ2) is 7.83. The molecule has 0 bridgehead atoms. The number of benzene rings is 2. The van der Waals surface area contributed by atoms with Crippen LogP contribution in [0.1, 0.15) is 15.9 Å². The minimum absolute atomic E-state index is 0.191. The Morgan fingerprint density at radius 2 is 1.89 bits per heavy atom. The average molecular weight is 379 g/mol. The van der Waals surface area contributed by atoms with Gasteiger partial charge in [0, 0.05) is 6.21 Å². The number of ether oxygens (including phenoxy) is 1. The number of urea groups is 1. The van der Waals surface area contributed by atoms with Crippen molar-refractivity contribution in [3.05, 3.63) is 59.7 Å². The fraction of sp³-hybridized carbons (Fsp3) is 0.150. The van der Waals surface area contributed by atoms with Crippen LogP contribution in [0, 0.1) is 12.8 Å². The van der Waals surface area contributed by atoms with Gasteiger partial charge in [-0.15, -0.1) is 0 Å². The van der Waals surface area contributed by atoms with Crippen LogP contribution >= 0.6 is 0 Å². The molecule has 8 heteroatoms. The molecule has 0 aromatic heterocycles. The zero-order chi connectivity index (χ0) is 20.3. The fourth-order valence-corrected chi connectivity index (χ4v) is 2.76. The van der Waals surface area contributed by atoms with E-state index in [9.17, 15) is 19.2 Å². The molecule has 8 nitrogen and oxygen atoms in total. The number of aryl methyl sites for hydroxylation is 1. The zero-order valence-electron chi connectivity index (χ0n) is 15.2. The molecule has 0 spiro atoms. The summed E-state index contributed by atoms with van der Waals surface area (Å²) in [5.41, 5.74) is 1.64. The van der Waals surface area contributed by atoms with E-state index in [1.807, 2.05) is 13.0 Å². The molecule has 1 fully saturated rings. The first-order valence-corrected chi connectivity index (χ1v) is 8.39. The van der Waals surface area contributed by atoms with E-state index in [4.69, 9.17) is 4.74 Å². The molecule has 142 valence electrons. The number of barbiturate groups is 1. The summed E-state index contributed by atoms with van der Waals surface area (Å²) in [6.45, 7) is 1.82. The molecule has 0 radical (unpaired) electrons. The predicted octanol–water partition coefficient (Wildman–Crippen LogP) is 2.38. The van der Waals surface area contributed by atoms with Crippen LogP contribution in [0.25, 0.3) is 0 Å². The van der Waals surface area contributed by atoms with Crippen molar-refractivity contribution in [1.29, 1.82) is 0 Å². The number of carbonyl (C=O) groups is 4. The Morgan fingerprint density at radius 3 is 2.61 bits per heavy atom. The first kappa shape index (κ1) is 19.0. The Bertz CT molecular complexity index is 999. The number of hydrogen-bond acceptors (Lipinski definition) is 6. The maximum Gasteiger partial charge on any atom is 0.340 e. The molecule has 3 rings (SSSR count). The summed E-state index contributed by atoms with van der Waals surface area (Å²) >= 11 is 0. The Balaban J connectivity index is 1.93. The highest BCUT2D eigenvalue weighted by Gasteiger charge is 2.40. The van der Waals surface area contributed by atoms with Gasteiger partial charge in [0.05, 0.1) is 24.0 Å². The van der Waals surface area contributed by atoms with Gasteiger partial charge in [0.15, 0.2) is 5.92 Å². The van der Waals surface area contributed by atoms with E-state index in [1.165, 1.54) is 13.2 Å². The third-order valence-electron chi connectivity index (χ3n) is 4.13. The van der Waals surface area contributed by atoms with Crippen LogP contribution in [-0.2, 0) is 14.3 Å². The van der Waals surface area contributed by atoms with Gasteiger partial charge in [0.1, 0.15) is 0 Å². The zero-order valence-corrected chi connectivity index (χ0v) is 15.2. The first-order valence-electron chi connectivity index (χ1n) is 8.39. The van der Waals surface area contributed by atoms with Crippen molar-refractivity contribution in [1.82, 2.24) is 5.32 Å². The molecule has 28 heavy (non-hydrogen) atoms. The number of nitrogens with zero attached hydrogens (tertiary/aromatic N) is 2. The lowest BCUT2D eigenvalue weighted by atomic mass is 10.1. The van der Waals surface area contributed by atoms with Gasteiger partial charge in [-0.05, 0) is 36.8 Å². The third-order valence-corrected chi connectivity index (χ3v) is 4.13. The van der Waals surface area contributed by atoms with Crippen LogP contribution in [-0.4, -0.2) is 37.1 Å². The second-order valence-corrected chi connectivity index (χ2v) is 6.07. The Hall–Kier alpha value is -3.81. The van der Waals surface area contributed by atoms with Gasteiger partial charge < -0.3 is 4.74 Å². The topological polar surface area (TPSA) is 105 Å². The highest BCUT2D eigenvalue weighted by atomic mass is 16.5. The van der Waals surface area contributed by atoms with E-state index in [0.717, 1.165) is 16.7 Å². The van der Waals surface area contributed by atoms with Crippen molar-refractivity contribution in [2.24, 2.45) is 10.9 Å². The van der Waals surface area contributed by atoms with Crippen molar-refractivity contribution in [2.75, 3.05) is 12.0 Å². The standard InChI is InChI=1S/C20H17N3O5/c1-12-6-5-7-13(10-12)23-18(25)15(17(24)22-20(23)27)11-21-16-9-4-3-8-14(16)19(26)28-2/h3-11,15H,1-2H3,(H,22,24,27)/t15-/m1/s1. The normalized spacial score (nSPS) is 17.0. The lowest BCUT2D eigenvalue weighted by molar-refractivity contribution is -0.131. The molecule has 1 aliphatic rings. The molecule has 1 aliphatic heterocycles. The van der Waals surface area contributed by atoms with Crippen LogP contribution < -0.4 is 10.2 Å². The number of amides is 4. The smallest absolute Gasteiger partial charge is 0.340 e. The molecule has 4 amide bonds. The van der Waals surface area contributed by atoms with Gasteiger partial charge in [0.25, 0.3) is 5.91 Å². The molecule has 1 atom stereocenters. The number of imide groups is 2. The van der Waals surface area contributed by atoms with E-state index in [2.05, 4.69) is 10.3 Å². The Kier molecular flexibility index (Phi) is 5.30. The first-order chi connectivity index (χ1) is 13.4. The van der Waals surface area contributed by atoms with E-state index < -0.39 is 29.7 Å². The van der Waals surface area contributed by atoms with E-state index >= 15 is 0 Å². The van der Waals surface area contributed by atoms with Gasteiger partial charge in [0.2, 0.25) is 5.91 Å². The SMILES string of the molecule is COC(=O)c1ccccc1N=C[C@@H]1C(=O)NC(=O)N(c2cccc(C)c2)C1=O. The molecular weight excluding hydrogens is 362 g/mol. The van der Waals surface area contributed by atoms with E-state index in [0.29, 0.717) is 5.69 Å². The molecule has 0 unspecified atom stereocenters. The van der Waals surface area contributed by atoms with Gasteiger partial charge in [-0.2, -0.15) is 0 Å². The molecule has 2 aromatic rings. The number of para-hydroxylation sites is 1. The molecule has 0 saturated carbocycles. The number of nitrogens with one attached hydrogen (secondary N) is 1. The minimum Gasteiger partial charge on any atom is -0.465 e. The van der Waals surface area contributed by atoms with Gasteiger partial charge in [-0.1, -0.05) is 24.3 Å². The Labute approximate surface area is 160 Å². The lowest BCUT2D eigenvalue weighted by Gasteiger charge is -2.28. The van der Waals surface area contributed by atoms with E-state index in [1.54, 1.807) is 36.4 Å². The summed E-state index contributed by atoms with van der Waals surface area (Å²) in [5, 5.41) is 2.16. The lowest BCUT2D eigenvalue weighted by Crippen LogP contribution is -2.58. The summed E-state index contributed by atoms with van der Waals surface area (Å²) in [4.78, 5) is 54.1. The second-order valence-electron chi connectivity index (χ2n) is 6.07. The monoisotopic (exact) mass is 379 g/mol. The molecule has 0 aliphatic carbocycles. The summed E-state index contributed by atoms with van der Waals surface area (Å²) in [7, 11) is 1.24. The van der Waals surface area contributed by atoms with Crippen molar-refractivity contribution >= 4 is 41.4 Å². The highest BCUT2D eigenvalue weighted by molar-refractivity contribution is 6.32. The summed E-state index contributed by atoms with van der Waals surface area (Å²) in [5.74, 6) is -3.41. The number of esters is 1. The fourth-order valence-electron chi connectivity index (χ4n) is 2.76. The largest absolute Gasteiger partial charge is 0.465 e. The summed E-state index contributed by atoms with van der Waals surface area (Å²) < 4.78 is 4.70. The molecule has 2 aromatic carbocycles. The molecular formula is C20H17N3O5. The van der Waals surface area contributed by atoms with E-state index in [-0.39, 0.29) is 11.3 Å². The van der Waals surface area contributed by atoms with Crippen molar-refractivity contribution in [3.8, 4) is 0 Å². The number of anilines is 1. The minimum atomic E-state index is -1.32. The summed E-state index contributed by atoms with van der Waals surface area (Å²) in [6.07, 6.45) is 1.12. The number of hydrogen-bond donors (Lipinski definition) is 1. The van der Waals surface area contributed by atoms with Gasteiger partial charge in [-0.25, -0.2) is 14.5 Å². The molecule has 1 N–H and O–H groups in total. The van der Waals surface area contributed by atoms with Crippen LogP contribution in [0.5, 0.6) is 0 Å². The van der Waals surface area contributed by atoms with Crippen LogP contribution in [0.2, 0.25) is 0 Å². The van der Waals surface area contributed by atoms with Crippen LogP contribution in [0.4, 0.5) is 16.2 Å². The van der Waals surface area contributed by atoms with Gasteiger partial charge in [-0.3, -0.25) is 19.9 Å². The number of aliphatic imine (C=N–C) groups is 1. The van der Waals surface area contributed by atoms with Crippen LogP contribution in [0.3, 0.4) is 0 Å². The number of rotatable bonds is 4. The van der Waals surface area contributed by atoms with Crippen molar-refractivity contribution in [2.45, 2.75) is 6.92 Å². The highest BCUT2D eigenvalue weighted by Crippen LogP contribution is 2.23. The molecule has 1 saturated heterocycles. The maximum atomic E-state index is 12.8. The van der Waals surface area contributed by atoms with Crippen molar-refractivity contribution < 1.29 is 23.9 Å². The summed E-state index contributed by atoms with van der Waals surface area (Å²) in [6, 6.07) is 12.3. The predicted molar refractivity (Wildman–Crippen MR) is 102 cm³/mol. The maximum absolute atomic E-state index is 12.8. The average Bonchev–Trinajstić information content (AvgIpc) is 2.67.